The van der Waals surface area contributed by atoms with Gasteiger partial charge in [0, 0.05) is 54.9 Å². The van der Waals surface area contributed by atoms with Crippen LogP contribution in [0.25, 0.3) is 105 Å². The van der Waals surface area contributed by atoms with Gasteiger partial charge in [0.05, 0.1) is 33.6 Å². The van der Waals surface area contributed by atoms with Crippen LogP contribution in [0.4, 0.5) is 0 Å². The minimum Gasteiger partial charge on any atom is -0.309 e. The minimum absolute atomic E-state index is 0.692. The number of pyridine rings is 1. The molecule has 4 heteroatoms. The second-order valence-electron chi connectivity index (χ2n) is 14.4. The summed E-state index contributed by atoms with van der Waals surface area (Å²) in [5, 5.41) is 5.89. The molecule has 0 fully saturated rings. The van der Waals surface area contributed by atoms with Crippen LogP contribution in [-0.2, 0) is 0 Å². The van der Waals surface area contributed by atoms with Gasteiger partial charge in [-0.05, 0) is 59.7 Å². The van der Waals surface area contributed by atoms with Crippen molar-refractivity contribution >= 4 is 43.5 Å². The van der Waals surface area contributed by atoms with E-state index in [2.05, 4.69) is 199 Å². The Kier molecular flexibility index (Phi) is 7.78. The highest BCUT2D eigenvalue weighted by Gasteiger charge is 2.20. The summed E-state index contributed by atoms with van der Waals surface area (Å²) in [6.45, 7) is 0. The quantitative estimate of drug-likeness (QED) is 0.160. The third-order valence-corrected chi connectivity index (χ3v) is 11.0. The maximum atomic E-state index is 5.26. The number of aromatic nitrogens is 4. The molecule has 0 bridgehead atoms. The number of rotatable bonds is 6. The predicted octanol–water partition coefficient (Wildman–Crippen LogP) is 13.6. The number of para-hydroxylation sites is 2. The zero-order valence-electron chi connectivity index (χ0n) is 30.9. The molecule has 0 aliphatic heterocycles. The molecule has 266 valence electrons. The first kappa shape index (κ1) is 32.7. The van der Waals surface area contributed by atoms with Crippen LogP contribution in [0.5, 0.6) is 0 Å². The van der Waals surface area contributed by atoms with Gasteiger partial charge in [0.15, 0.2) is 5.82 Å². The minimum atomic E-state index is 0.692. The monoisotopic (exact) mass is 726 g/mol. The molecule has 8 aromatic carbocycles. The van der Waals surface area contributed by atoms with E-state index in [1.165, 1.54) is 16.2 Å². The maximum Gasteiger partial charge on any atom is 0.160 e. The van der Waals surface area contributed by atoms with Crippen molar-refractivity contribution in [2.75, 3.05) is 0 Å². The molecule has 0 radical (unpaired) electrons. The topological polar surface area (TPSA) is 43.6 Å². The molecule has 0 aliphatic carbocycles. The summed E-state index contributed by atoms with van der Waals surface area (Å²) in [6, 6.07) is 72.6. The first-order valence-electron chi connectivity index (χ1n) is 19.3. The smallest absolute Gasteiger partial charge is 0.160 e. The molecule has 0 saturated heterocycles. The Morgan fingerprint density at radius 1 is 0.316 bits per heavy atom. The van der Waals surface area contributed by atoms with Crippen LogP contribution in [-0.4, -0.2) is 19.5 Å². The normalized spacial score (nSPS) is 11.5. The van der Waals surface area contributed by atoms with Gasteiger partial charge in [-0.15, -0.1) is 0 Å². The van der Waals surface area contributed by atoms with E-state index in [0.29, 0.717) is 5.82 Å². The zero-order valence-corrected chi connectivity index (χ0v) is 30.9. The molecule has 0 unspecified atom stereocenters. The second kappa shape index (κ2) is 13.6. The molecular weight excluding hydrogens is 693 g/mol. The van der Waals surface area contributed by atoms with Gasteiger partial charge in [0.25, 0.3) is 0 Å². The van der Waals surface area contributed by atoms with Gasteiger partial charge in [-0.2, -0.15) is 0 Å². The van der Waals surface area contributed by atoms with Crippen LogP contribution in [0.3, 0.4) is 0 Å². The highest BCUT2D eigenvalue weighted by molar-refractivity contribution is 6.29. The molecule has 0 N–H and O–H groups in total. The van der Waals surface area contributed by atoms with Crippen LogP contribution in [0.1, 0.15) is 0 Å². The first-order chi connectivity index (χ1) is 28.3. The van der Waals surface area contributed by atoms with E-state index in [1.807, 2.05) is 12.1 Å². The van der Waals surface area contributed by atoms with E-state index in [-0.39, 0.29) is 0 Å². The van der Waals surface area contributed by atoms with Crippen molar-refractivity contribution < 1.29 is 0 Å². The Hall–Kier alpha value is -7.69. The number of hydrogen-bond acceptors (Lipinski definition) is 3. The first-order valence-corrected chi connectivity index (χ1v) is 19.3. The molecule has 11 aromatic rings. The van der Waals surface area contributed by atoms with Crippen molar-refractivity contribution in [2.24, 2.45) is 0 Å². The van der Waals surface area contributed by atoms with Crippen molar-refractivity contribution in [1.29, 1.82) is 0 Å². The molecule has 0 amide bonds. The van der Waals surface area contributed by atoms with Crippen molar-refractivity contribution in [1.82, 2.24) is 19.5 Å². The van der Waals surface area contributed by atoms with Crippen LogP contribution < -0.4 is 0 Å². The summed E-state index contributed by atoms with van der Waals surface area (Å²) >= 11 is 0. The average Bonchev–Trinajstić information content (AvgIpc) is 3.63. The Labute approximate surface area is 330 Å². The van der Waals surface area contributed by atoms with E-state index in [4.69, 9.17) is 15.0 Å². The van der Waals surface area contributed by atoms with Gasteiger partial charge >= 0.3 is 0 Å². The number of benzene rings is 8. The van der Waals surface area contributed by atoms with Gasteiger partial charge in [-0.1, -0.05) is 158 Å². The molecule has 57 heavy (non-hydrogen) atoms. The lowest BCUT2D eigenvalue weighted by atomic mass is 9.95. The fourth-order valence-corrected chi connectivity index (χ4v) is 8.33. The summed E-state index contributed by atoms with van der Waals surface area (Å²) in [4.78, 5) is 15.5. The van der Waals surface area contributed by atoms with Crippen LogP contribution in [0.15, 0.2) is 206 Å². The summed E-state index contributed by atoms with van der Waals surface area (Å²) in [6.07, 6.45) is 0. The highest BCUT2D eigenvalue weighted by Crippen LogP contribution is 2.43. The SMILES string of the molecule is c1ccc(-c2cc(-c3ccccc3)nc(-c3cccc(-c4ccc5c(c4)c4c6c(ccc4n5-c4ccccc4)c(-c4ccccc4)nc4ccccc46)c3)n2)cc1. The number of nitrogens with zero attached hydrogens (tertiary/aromatic N) is 4. The summed E-state index contributed by atoms with van der Waals surface area (Å²) < 4.78 is 2.40. The molecule has 11 rings (SSSR count). The lowest BCUT2D eigenvalue weighted by molar-refractivity contribution is 1.18. The summed E-state index contributed by atoms with van der Waals surface area (Å²) in [7, 11) is 0. The van der Waals surface area contributed by atoms with E-state index in [1.54, 1.807) is 0 Å². The van der Waals surface area contributed by atoms with E-state index < -0.39 is 0 Å². The molecule has 3 aromatic heterocycles. The summed E-state index contributed by atoms with van der Waals surface area (Å²) in [5.74, 6) is 0.692. The standard InChI is InChI=1S/C53H34N4/c1-5-16-35(17-6-1)46-34-47(36-18-7-2-8-19-36)56-53(55-46)40-23-15-22-38(32-40)39-28-30-48-44(33-39)51-49(57(48)41-24-11-4-12-25-41)31-29-43-50(51)42-26-13-14-27-45(42)54-52(43)37-20-9-3-10-21-37/h1-34H. The van der Waals surface area contributed by atoms with Crippen molar-refractivity contribution in [3.05, 3.63) is 206 Å². The fourth-order valence-electron chi connectivity index (χ4n) is 8.33. The van der Waals surface area contributed by atoms with Gasteiger partial charge < -0.3 is 4.57 Å². The molecule has 0 saturated carbocycles. The van der Waals surface area contributed by atoms with E-state index in [0.717, 1.165) is 83.5 Å². The lowest BCUT2D eigenvalue weighted by Crippen LogP contribution is -1.96. The van der Waals surface area contributed by atoms with Gasteiger partial charge in [-0.25, -0.2) is 15.0 Å². The van der Waals surface area contributed by atoms with Gasteiger partial charge in [0.1, 0.15) is 0 Å². The average molecular weight is 727 g/mol. The highest BCUT2D eigenvalue weighted by atomic mass is 15.0. The number of fused-ring (bicyclic) bond motifs is 7. The van der Waals surface area contributed by atoms with Crippen LogP contribution in [0, 0.1) is 0 Å². The Morgan fingerprint density at radius 3 is 1.58 bits per heavy atom. The molecule has 4 nitrogen and oxygen atoms in total. The zero-order chi connectivity index (χ0) is 37.7. The Bertz CT molecular complexity index is 3210. The molecule has 0 spiro atoms. The third-order valence-electron chi connectivity index (χ3n) is 11.0. The fraction of sp³-hybridized carbons (Fsp3) is 0. The third kappa shape index (κ3) is 5.66. The molecule has 0 aliphatic rings. The Morgan fingerprint density at radius 2 is 0.877 bits per heavy atom. The summed E-state index contributed by atoms with van der Waals surface area (Å²) in [5.41, 5.74) is 13.6. The van der Waals surface area contributed by atoms with Crippen LogP contribution >= 0.6 is 0 Å². The van der Waals surface area contributed by atoms with Crippen molar-refractivity contribution in [3.63, 3.8) is 0 Å². The lowest BCUT2D eigenvalue weighted by Gasteiger charge is -2.12. The predicted molar refractivity (Wildman–Crippen MR) is 236 cm³/mol. The van der Waals surface area contributed by atoms with Crippen LogP contribution in [0.2, 0.25) is 0 Å². The molecule has 3 heterocycles. The van der Waals surface area contributed by atoms with Crippen molar-refractivity contribution in [3.8, 4) is 62.0 Å². The maximum absolute atomic E-state index is 5.26. The van der Waals surface area contributed by atoms with E-state index in [9.17, 15) is 0 Å². The molecular formula is C53H34N4. The second-order valence-corrected chi connectivity index (χ2v) is 14.4. The molecule has 0 atom stereocenters. The number of hydrogen-bond donors (Lipinski definition) is 0. The Balaban J connectivity index is 1.15. The van der Waals surface area contributed by atoms with Gasteiger partial charge in [-0.3, -0.25) is 0 Å². The largest absolute Gasteiger partial charge is 0.309 e. The van der Waals surface area contributed by atoms with E-state index >= 15 is 0 Å². The van der Waals surface area contributed by atoms with Gasteiger partial charge in [0.2, 0.25) is 0 Å². The van der Waals surface area contributed by atoms with Crippen molar-refractivity contribution in [2.45, 2.75) is 0 Å².